The molecule has 4 atom stereocenters. The van der Waals surface area contributed by atoms with E-state index in [9.17, 15) is 19.2 Å². The molecule has 288 valence electrons. The molecule has 4 aliphatic rings. The van der Waals surface area contributed by atoms with Crippen LogP contribution in [0, 0.1) is 11.3 Å². The van der Waals surface area contributed by atoms with Crippen molar-refractivity contribution in [1.29, 1.82) is 0 Å². The van der Waals surface area contributed by atoms with Gasteiger partial charge in [0.15, 0.2) is 0 Å². The van der Waals surface area contributed by atoms with Gasteiger partial charge >= 0.3 is 12.2 Å². The number of ether oxygens (including phenoxy) is 2. The molecule has 4 heterocycles. The summed E-state index contributed by atoms with van der Waals surface area (Å²) < 4.78 is 9.28. The molecule has 14 heteroatoms. The van der Waals surface area contributed by atoms with Crippen LogP contribution in [0.2, 0.25) is 0 Å². The van der Waals surface area contributed by atoms with Crippen molar-refractivity contribution in [3.8, 4) is 33.5 Å². The Bertz CT molecular complexity index is 2310. The molecular weight excluding hydrogens is 713 g/mol. The molecule has 5 aromatic rings. The van der Waals surface area contributed by atoms with Crippen LogP contribution in [0.4, 0.5) is 9.59 Å². The Morgan fingerprint density at radius 1 is 0.786 bits per heavy atom. The lowest BCUT2D eigenvalue weighted by Crippen LogP contribution is -2.45. The monoisotopic (exact) mass is 756 g/mol. The van der Waals surface area contributed by atoms with Crippen molar-refractivity contribution in [2.75, 3.05) is 33.9 Å². The zero-order chi connectivity index (χ0) is 38.6. The van der Waals surface area contributed by atoms with Gasteiger partial charge in [-0.25, -0.2) is 19.6 Å². The van der Waals surface area contributed by atoms with Gasteiger partial charge in [-0.15, -0.1) is 0 Å². The van der Waals surface area contributed by atoms with Crippen LogP contribution in [0.1, 0.15) is 62.3 Å². The minimum atomic E-state index is -0.624. The van der Waals surface area contributed by atoms with E-state index in [1.165, 1.54) is 14.2 Å². The summed E-state index contributed by atoms with van der Waals surface area (Å²) in [5.74, 6) is 1.60. The number of benzene rings is 3. The van der Waals surface area contributed by atoms with Crippen LogP contribution >= 0.6 is 0 Å². The molecular formula is C42H44N8O6. The molecule has 2 aliphatic carbocycles. The summed E-state index contributed by atoms with van der Waals surface area (Å²) in [5.41, 5.74) is 8.10. The molecule has 1 unspecified atom stereocenters. The molecule has 2 saturated carbocycles. The van der Waals surface area contributed by atoms with Crippen molar-refractivity contribution >= 4 is 35.0 Å². The summed E-state index contributed by atoms with van der Waals surface area (Å²) in [6.45, 7) is 0.457. The number of amides is 4. The topological polar surface area (TPSA) is 175 Å². The smallest absolute Gasteiger partial charge is 0.407 e. The van der Waals surface area contributed by atoms with Crippen molar-refractivity contribution in [2.45, 2.75) is 56.7 Å². The van der Waals surface area contributed by atoms with Crippen LogP contribution in [0.3, 0.4) is 0 Å². The summed E-state index contributed by atoms with van der Waals surface area (Å²) >= 11 is 0. The lowest BCUT2D eigenvalue weighted by molar-refractivity contribution is -0.135. The predicted molar refractivity (Wildman–Crippen MR) is 207 cm³/mol. The van der Waals surface area contributed by atoms with Gasteiger partial charge < -0.3 is 39.9 Å². The van der Waals surface area contributed by atoms with Gasteiger partial charge in [-0.1, -0.05) is 54.6 Å². The van der Waals surface area contributed by atoms with E-state index in [-0.39, 0.29) is 48.4 Å². The number of carbonyl (C=O) groups excluding carboxylic acids is 4. The quantitative estimate of drug-likeness (QED) is 0.140. The maximum Gasteiger partial charge on any atom is 0.407 e. The number of rotatable bonds is 9. The fraction of sp³-hybridized carbons (Fsp3) is 0.381. The number of nitrogens with zero attached hydrogens (tertiary/aromatic N) is 4. The second-order valence-corrected chi connectivity index (χ2v) is 15.6. The first-order valence-corrected chi connectivity index (χ1v) is 19.2. The Morgan fingerprint density at radius 3 is 2.07 bits per heavy atom. The average molecular weight is 757 g/mol. The number of methoxy groups -OCH3 is 2. The van der Waals surface area contributed by atoms with Crippen molar-refractivity contribution < 1.29 is 28.7 Å². The molecule has 3 aromatic carbocycles. The van der Waals surface area contributed by atoms with Gasteiger partial charge in [-0.05, 0) is 89.8 Å². The number of hydrogen-bond donors (Lipinski definition) is 4. The van der Waals surface area contributed by atoms with Crippen molar-refractivity contribution in [3.05, 3.63) is 84.6 Å². The number of fused-ring (bicyclic) bond motifs is 3. The Hall–Kier alpha value is -6.18. The number of aromatic amines is 2. The molecule has 2 bridgehead atoms. The molecule has 0 radical (unpaired) electrons. The summed E-state index contributed by atoms with van der Waals surface area (Å²) in [4.78, 5) is 69.9. The van der Waals surface area contributed by atoms with E-state index >= 15 is 0 Å². The first-order valence-electron chi connectivity index (χ1n) is 19.2. The number of hydrogen-bond acceptors (Lipinski definition) is 8. The number of piperidine rings is 1. The van der Waals surface area contributed by atoms with Crippen molar-refractivity contribution in [2.24, 2.45) is 11.3 Å². The predicted octanol–water partition coefficient (Wildman–Crippen LogP) is 6.10. The van der Waals surface area contributed by atoms with E-state index in [2.05, 4.69) is 90.7 Å². The van der Waals surface area contributed by atoms with Gasteiger partial charge in [0.05, 0.1) is 49.2 Å². The van der Waals surface area contributed by atoms with Crippen LogP contribution < -0.4 is 10.6 Å². The van der Waals surface area contributed by atoms with Crippen molar-refractivity contribution in [1.82, 2.24) is 40.4 Å². The molecule has 2 aliphatic heterocycles. The van der Waals surface area contributed by atoms with E-state index in [0.29, 0.717) is 12.5 Å². The molecule has 4 N–H and O–H groups in total. The van der Waals surface area contributed by atoms with Gasteiger partial charge in [0.25, 0.3) is 0 Å². The fourth-order valence-corrected chi connectivity index (χ4v) is 9.13. The molecule has 1 spiro atoms. The lowest BCUT2D eigenvalue weighted by Gasteiger charge is -2.34. The third-order valence-corrected chi connectivity index (χ3v) is 12.2. The van der Waals surface area contributed by atoms with Crippen LogP contribution in [0.5, 0.6) is 0 Å². The van der Waals surface area contributed by atoms with Crippen LogP contribution in [0.15, 0.2) is 72.9 Å². The summed E-state index contributed by atoms with van der Waals surface area (Å²) in [6, 6.07) is 22.9. The highest BCUT2D eigenvalue weighted by Gasteiger charge is 2.54. The average Bonchev–Trinajstić information content (AvgIpc) is 3.83. The highest BCUT2D eigenvalue weighted by atomic mass is 16.5. The van der Waals surface area contributed by atoms with Gasteiger partial charge in [-0.2, -0.15) is 0 Å². The van der Waals surface area contributed by atoms with E-state index < -0.39 is 12.2 Å². The Kier molecular flexibility index (Phi) is 8.98. The largest absolute Gasteiger partial charge is 0.453 e. The third kappa shape index (κ3) is 6.62. The molecule has 14 nitrogen and oxygen atoms in total. The fourth-order valence-electron chi connectivity index (χ4n) is 9.13. The number of alkyl carbamates (subject to hydrolysis) is 2. The standard InChI is InChI=1S/C42H44N8O6/c1-55-40(53)44-21-35(51)49-23-42(15-16-42)19-34(49)38-43-20-33(48-38)27-9-7-25(8-10-27)24-3-5-26(6-4-24)28-12-14-31-32(18-28)47-39(46-31)37-29-11-13-30(17-29)50(37)36(52)22-45-41(54)56-2/h3-10,12,14,18,20,29-30,34,37H,11,13,15-17,19,21-23H2,1-2H3,(H,43,48)(H,44,53)(H,45,54)(H,46,47)/t29-,30+,34?,37-/m0/s1. The van der Waals surface area contributed by atoms with Crippen molar-refractivity contribution in [3.63, 3.8) is 0 Å². The first-order chi connectivity index (χ1) is 27.2. The lowest BCUT2D eigenvalue weighted by atomic mass is 9.98. The second kappa shape index (κ2) is 14.2. The molecule has 9 rings (SSSR count). The first kappa shape index (κ1) is 35.5. The number of carbonyl (C=O) groups is 4. The van der Waals surface area contributed by atoms with Gasteiger partial charge in [0, 0.05) is 12.6 Å². The Balaban J connectivity index is 0.873. The highest BCUT2D eigenvalue weighted by molar-refractivity contribution is 5.85. The number of likely N-dealkylation sites (tertiary alicyclic amines) is 2. The maximum atomic E-state index is 13.2. The van der Waals surface area contributed by atoms with E-state index in [0.717, 1.165) is 94.7 Å². The number of H-pyrrole nitrogens is 2. The number of aromatic nitrogens is 4. The summed E-state index contributed by atoms with van der Waals surface area (Å²) in [5, 5.41) is 5.04. The number of nitrogens with one attached hydrogen (secondary N) is 4. The van der Waals surface area contributed by atoms with Crippen LogP contribution in [-0.4, -0.2) is 93.6 Å². The second-order valence-electron chi connectivity index (χ2n) is 15.6. The van der Waals surface area contributed by atoms with Crippen LogP contribution in [0.25, 0.3) is 44.5 Å². The minimum Gasteiger partial charge on any atom is -0.453 e. The SMILES string of the molecule is COC(=O)NCC(=O)N1CC2(CC2)CC1c1ncc(-c2ccc(-c3ccc(-c4ccc5nc([C@@H]6[C@H]7CC[C@H](C7)N6C(=O)CNC(=O)OC)[nH]c5c4)cc3)cc2)[nH]1. The normalized spacial score (nSPS) is 21.8. The molecule has 4 amide bonds. The molecule has 2 saturated heterocycles. The number of imidazole rings is 2. The van der Waals surface area contributed by atoms with E-state index in [1.54, 1.807) is 0 Å². The van der Waals surface area contributed by atoms with E-state index in [4.69, 9.17) is 9.97 Å². The van der Waals surface area contributed by atoms with E-state index in [1.807, 2.05) is 22.1 Å². The molecule has 4 fully saturated rings. The summed E-state index contributed by atoms with van der Waals surface area (Å²) in [6.07, 6.45) is 6.59. The van der Waals surface area contributed by atoms with Gasteiger partial charge in [0.1, 0.15) is 24.7 Å². The minimum absolute atomic E-state index is 0.104. The summed E-state index contributed by atoms with van der Waals surface area (Å²) in [7, 11) is 2.56. The zero-order valence-corrected chi connectivity index (χ0v) is 31.3. The van der Waals surface area contributed by atoms with Crippen LogP contribution in [-0.2, 0) is 19.1 Å². The Labute approximate surface area is 323 Å². The molecule has 56 heavy (non-hydrogen) atoms. The Morgan fingerprint density at radius 2 is 1.41 bits per heavy atom. The zero-order valence-electron chi connectivity index (χ0n) is 31.3. The van der Waals surface area contributed by atoms with Gasteiger partial charge in [0.2, 0.25) is 11.8 Å². The highest BCUT2D eigenvalue weighted by Crippen LogP contribution is 2.58. The molecule has 2 aromatic heterocycles. The maximum absolute atomic E-state index is 13.2. The van der Waals surface area contributed by atoms with Gasteiger partial charge in [-0.3, -0.25) is 9.59 Å². The third-order valence-electron chi connectivity index (χ3n) is 12.2.